The lowest BCUT2D eigenvalue weighted by Gasteiger charge is -2.08. The van der Waals surface area contributed by atoms with E-state index in [1.165, 1.54) is 11.8 Å². The number of amides is 1. The Morgan fingerprint density at radius 3 is 2.68 bits per heavy atom. The van der Waals surface area contributed by atoms with E-state index >= 15 is 0 Å². The summed E-state index contributed by atoms with van der Waals surface area (Å²) in [6, 6.07) is 12.1. The van der Waals surface area contributed by atoms with Crippen LogP contribution in [0.25, 0.3) is 0 Å². The first kappa shape index (κ1) is 20.8. The van der Waals surface area contributed by atoms with E-state index in [0.717, 1.165) is 0 Å². The third-order valence-corrected chi connectivity index (χ3v) is 5.54. The summed E-state index contributed by atoms with van der Waals surface area (Å²) in [5.41, 5.74) is 0.503. The van der Waals surface area contributed by atoms with E-state index in [0.29, 0.717) is 37.5 Å². The van der Waals surface area contributed by atoms with Gasteiger partial charge in [0.1, 0.15) is 12.4 Å². The minimum Gasteiger partial charge on any atom is -0.484 e. The third kappa shape index (κ3) is 5.32. The van der Waals surface area contributed by atoms with E-state index in [4.69, 9.17) is 39.5 Å². The monoisotopic (exact) mass is 456 g/mol. The predicted molar refractivity (Wildman–Crippen MR) is 113 cm³/mol. The molecule has 0 aliphatic carbocycles. The van der Waals surface area contributed by atoms with Crippen molar-refractivity contribution in [3.05, 3.63) is 63.4 Å². The van der Waals surface area contributed by atoms with Gasteiger partial charge < -0.3 is 14.6 Å². The van der Waals surface area contributed by atoms with Gasteiger partial charge in [-0.25, -0.2) is 0 Å². The summed E-state index contributed by atoms with van der Waals surface area (Å²) in [6.45, 7) is 0.209. The van der Waals surface area contributed by atoms with Crippen molar-refractivity contribution in [1.82, 2.24) is 14.8 Å². The molecule has 1 N–H and O–H groups in total. The van der Waals surface area contributed by atoms with Crippen LogP contribution in [0, 0.1) is 0 Å². The van der Waals surface area contributed by atoms with Gasteiger partial charge in [0.2, 0.25) is 5.91 Å². The second-order valence-electron chi connectivity index (χ2n) is 5.64. The van der Waals surface area contributed by atoms with Crippen LogP contribution < -0.4 is 10.1 Å². The number of thioether (sulfide) groups is 1. The van der Waals surface area contributed by atoms with E-state index in [-0.39, 0.29) is 18.3 Å². The number of ether oxygens (including phenoxy) is 1. The molecule has 3 aromatic rings. The van der Waals surface area contributed by atoms with Crippen molar-refractivity contribution in [3.8, 4) is 5.75 Å². The summed E-state index contributed by atoms with van der Waals surface area (Å²) in [7, 11) is 1.81. The lowest BCUT2D eigenvalue weighted by Crippen LogP contribution is -2.15. The molecule has 0 fully saturated rings. The number of para-hydroxylation sites is 1. The summed E-state index contributed by atoms with van der Waals surface area (Å²) in [4.78, 5) is 12.2. The van der Waals surface area contributed by atoms with Gasteiger partial charge in [-0.3, -0.25) is 4.79 Å². The Balaban J connectivity index is 1.55. The van der Waals surface area contributed by atoms with Crippen LogP contribution in [0.3, 0.4) is 0 Å². The second-order valence-corrected chi connectivity index (χ2v) is 7.83. The number of benzene rings is 2. The predicted octanol–water partition coefficient (Wildman–Crippen LogP) is 5.09. The zero-order valence-electron chi connectivity index (χ0n) is 14.7. The molecule has 3 rings (SSSR count). The molecule has 6 nitrogen and oxygen atoms in total. The Kier molecular flexibility index (Phi) is 7.07. The van der Waals surface area contributed by atoms with Crippen molar-refractivity contribution < 1.29 is 9.53 Å². The smallest absolute Gasteiger partial charge is 0.234 e. The zero-order valence-corrected chi connectivity index (χ0v) is 17.7. The molecule has 0 unspecified atom stereocenters. The molecule has 0 saturated heterocycles. The Morgan fingerprint density at radius 2 is 1.93 bits per heavy atom. The lowest BCUT2D eigenvalue weighted by molar-refractivity contribution is -0.113. The highest BCUT2D eigenvalue weighted by molar-refractivity contribution is 7.99. The van der Waals surface area contributed by atoms with Crippen LogP contribution in [0.4, 0.5) is 5.69 Å². The van der Waals surface area contributed by atoms with Gasteiger partial charge in [-0.1, -0.05) is 58.7 Å². The number of aromatic nitrogens is 3. The number of halogens is 3. The molecule has 28 heavy (non-hydrogen) atoms. The number of rotatable bonds is 7. The van der Waals surface area contributed by atoms with Gasteiger partial charge in [-0.05, 0) is 30.3 Å². The fourth-order valence-corrected chi connectivity index (χ4v) is 3.58. The fourth-order valence-electron chi connectivity index (χ4n) is 2.21. The SMILES string of the molecule is Cn1c(COc2ccccc2Cl)nnc1SCC(=O)Nc1ccc(Cl)cc1Cl. The quantitative estimate of drug-likeness (QED) is 0.501. The molecule has 0 atom stereocenters. The van der Waals surface area contributed by atoms with Crippen LogP contribution in [0.15, 0.2) is 47.6 Å². The van der Waals surface area contributed by atoms with Crippen LogP contribution >= 0.6 is 46.6 Å². The molecule has 146 valence electrons. The highest BCUT2D eigenvalue weighted by atomic mass is 35.5. The van der Waals surface area contributed by atoms with Crippen LogP contribution in [-0.2, 0) is 18.4 Å². The average Bonchev–Trinajstić information content (AvgIpc) is 3.01. The Bertz CT molecular complexity index is 997. The normalized spacial score (nSPS) is 10.7. The molecule has 0 bridgehead atoms. The molecular weight excluding hydrogens is 443 g/mol. The maximum atomic E-state index is 12.2. The largest absolute Gasteiger partial charge is 0.484 e. The Labute approximate surface area is 181 Å². The second kappa shape index (κ2) is 9.52. The van der Waals surface area contributed by atoms with E-state index in [1.807, 2.05) is 19.2 Å². The van der Waals surface area contributed by atoms with E-state index in [1.54, 1.807) is 34.9 Å². The first-order chi connectivity index (χ1) is 13.4. The molecule has 1 heterocycles. The van der Waals surface area contributed by atoms with Crippen molar-refractivity contribution in [3.63, 3.8) is 0 Å². The molecular formula is C18H15Cl3N4O2S. The number of carbonyl (C=O) groups is 1. The fraction of sp³-hybridized carbons (Fsp3) is 0.167. The van der Waals surface area contributed by atoms with Crippen molar-refractivity contribution in [2.75, 3.05) is 11.1 Å². The first-order valence-electron chi connectivity index (χ1n) is 8.07. The molecule has 2 aromatic carbocycles. The number of nitrogens with one attached hydrogen (secondary N) is 1. The molecule has 1 aromatic heterocycles. The van der Waals surface area contributed by atoms with Crippen LogP contribution in [0.2, 0.25) is 15.1 Å². The van der Waals surface area contributed by atoms with Gasteiger partial charge in [-0.15, -0.1) is 10.2 Å². The van der Waals surface area contributed by atoms with Crippen LogP contribution in [0.5, 0.6) is 5.75 Å². The molecule has 1 amide bonds. The summed E-state index contributed by atoms with van der Waals surface area (Å²) >= 11 is 19.2. The van der Waals surface area contributed by atoms with Gasteiger partial charge in [-0.2, -0.15) is 0 Å². The third-order valence-electron chi connectivity index (χ3n) is 3.66. The highest BCUT2D eigenvalue weighted by Crippen LogP contribution is 2.26. The number of hydrogen-bond acceptors (Lipinski definition) is 5. The number of carbonyl (C=O) groups excluding carboxylic acids is 1. The number of nitrogens with zero attached hydrogens (tertiary/aromatic N) is 3. The van der Waals surface area contributed by atoms with Crippen LogP contribution in [-0.4, -0.2) is 26.4 Å². The molecule has 0 aliphatic rings. The Hall–Kier alpha value is -1.93. The Morgan fingerprint density at radius 1 is 1.14 bits per heavy atom. The van der Waals surface area contributed by atoms with Crippen molar-refractivity contribution in [2.24, 2.45) is 7.05 Å². The minimum atomic E-state index is -0.217. The average molecular weight is 458 g/mol. The van der Waals surface area contributed by atoms with Gasteiger partial charge in [0.15, 0.2) is 11.0 Å². The van der Waals surface area contributed by atoms with Gasteiger partial charge in [0.25, 0.3) is 0 Å². The first-order valence-corrected chi connectivity index (χ1v) is 10.2. The topological polar surface area (TPSA) is 69.0 Å². The number of hydrogen-bond donors (Lipinski definition) is 1. The summed E-state index contributed by atoms with van der Waals surface area (Å²) in [5.74, 6) is 1.12. The maximum Gasteiger partial charge on any atom is 0.234 e. The van der Waals surface area contributed by atoms with E-state index in [2.05, 4.69) is 15.5 Å². The summed E-state index contributed by atoms with van der Waals surface area (Å²) in [6.07, 6.45) is 0. The van der Waals surface area contributed by atoms with Crippen molar-refractivity contribution in [2.45, 2.75) is 11.8 Å². The lowest BCUT2D eigenvalue weighted by atomic mass is 10.3. The maximum absolute atomic E-state index is 12.2. The molecule has 10 heteroatoms. The minimum absolute atomic E-state index is 0.149. The van der Waals surface area contributed by atoms with Gasteiger partial charge in [0, 0.05) is 12.1 Å². The van der Waals surface area contributed by atoms with Crippen LogP contribution in [0.1, 0.15) is 5.82 Å². The molecule has 0 radical (unpaired) electrons. The van der Waals surface area contributed by atoms with Crippen molar-refractivity contribution >= 4 is 58.2 Å². The van der Waals surface area contributed by atoms with Crippen molar-refractivity contribution in [1.29, 1.82) is 0 Å². The van der Waals surface area contributed by atoms with E-state index in [9.17, 15) is 4.79 Å². The highest BCUT2D eigenvalue weighted by Gasteiger charge is 2.13. The van der Waals surface area contributed by atoms with Gasteiger partial charge in [0.05, 0.1) is 21.5 Å². The van der Waals surface area contributed by atoms with E-state index < -0.39 is 0 Å². The van der Waals surface area contributed by atoms with Gasteiger partial charge >= 0.3 is 0 Å². The summed E-state index contributed by atoms with van der Waals surface area (Å²) in [5, 5.41) is 12.9. The zero-order chi connectivity index (χ0) is 20.1. The summed E-state index contributed by atoms with van der Waals surface area (Å²) < 4.78 is 7.44. The molecule has 0 aliphatic heterocycles. The number of anilines is 1. The molecule has 0 saturated carbocycles. The standard InChI is InChI=1S/C18H15Cl3N4O2S/c1-25-16(9-27-15-5-3-2-4-12(15)20)23-24-18(25)28-10-17(26)22-14-7-6-11(19)8-13(14)21/h2-8H,9-10H2,1H3,(H,22,26). The molecule has 0 spiro atoms.